The van der Waals surface area contributed by atoms with Crippen LogP contribution < -0.4 is 15.8 Å². The predicted molar refractivity (Wildman–Crippen MR) is 77.2 cm³/mol. The lowest BCUT2D eigenvalue weighted by atomic mass is 10.2. The first-order chi connectivity index (χ1) is 9.29. The fraction of sp³-hybridized carbons (Fsp3) is 0.250. The summed E-state index contributed by atoms with van der Waals surface area (Å²) in [6, 6.07) is 16.4. The molecule has 1 aliphatic carbocycles. The summed E-state index contributed by atoms with van der Waals surface area (Å²) in [6.07, 6.45) is 2.64. The second kappa shape index (κ2) is 5.33. The zero-order chi connectivity index (χ0) is 13.1. The summed E-state index contributed by atoms with van der Waals surface area (Å²) in [5, 5.41) is 3.49. The summed E-state index contributed by atoms with van der Waals surface area (Å²) in [6.45, 7) is 0.937. The lowest BCUT2D eigenvalue weighted by Gasteiger charge is -2.07. The van der Waals surface area contributed by atoms with Gasteiger partial charge in [0.15, 0.2) is 0 Å². The minimum Gasteiger partial charge on any atom is -0.457 e. The summed E-state index contributed by atoms with van der Waals surface area (Å²) in [5.41, 5.74) is 7.67. The Balaban J connectivity index is 1.59. The largest absolute Gasteiger partial charge is 0.457 e. The second-order valence-electron chi connectivity index (χ2n) is 4.97. The molecule has 3 N–H and O–H groups in total. The first-order valence-electron chi connectivity index (χ1n) is 6.65. The zero-order valence-electron chi connectivity index (χ0n) is 10.8. The molecule has 19 heavy (non-hydrogen) atoms. The number of nitrogens with two attached hydrogens (primary N) is 1. The number of hydrogen-bond acceptors (Lipinski definition) is 3. The van der Waals surface area contributed by atoms with E-state index in [4.69, 9.17) is 10.5 Å². The molecule has 0 amide bonds. The summed E-state index contributed by atoms with van der Waals surface area (Å²) in [4.78, 5) is 0. The molecule has 3 nitrogen and oxygen atoms in total. The van der Waals surface area contributed by atoms with Gasteiger partial charge >= 0.3 is 0 Å². The Morgan fingerprint density at radius 1 is 0.947 bits per heavy atom. The Morgan fingerprint density at radius 3 is 2.11 bits per heavy atom. The van der Waals surface area contributed by atoms with E-state index in [1.807, 2.05) is 36.4 Å². The molecule has 2 aromatic rings. The van der Waals surface area contributed by atoms with Crippen LogP contribution in [0.3, 0.4) is 0 Å². The van der Waals surface area contributed by atoms with Gasteiger partial charge in [-0.05, 0) is 54.8 Å². The Hall–Kier alpha value is -2.00. The van der Waals surface area contributed by atoms with Crippen molar-refractivity contribution in [1.82, 2.24) is 5.32 Å². The normalized spacial score (nSPS) is 14.3. The monoisotopic (exact) mass is 254 g/mol. The van der Waals surface area contributed by atoms with Gasteiger partial charge in [0.25, 0.3) is 0 Å². The summed E-state index contributed by atoms with van der Waals surface area (Å²) in [5.74, 6) is 1.65. The van der Waals surface area contributed by atoms with E-state index in [0.717, 1.165) is 29.8 Å². The fourth-order valence-corrected chi connectivity index (χ4v) is 1.90. The van der Waals surface area contributed by atoms with E-state index < -0.39 is 0 Å². The van der Waals surface area contributed by atoms with Gasteiger partial charge < -0.3 is 15.8 Å². The molecule has 0 spiro atoms. The molecule has 0 heterocycles. The van der Waals surface area contributed by atoms with Crippen LogP contribution in [0.15, 0.2) is 48.5 Å². The standard InChI is InChI=1S/C16H18N2O/c17-13-3-9-16(10-4-13)19-15-7-1-12(2-8-15)11-18-14-5-6-14/h1-4,7-10,14,18H,5-6,11,17H2. The average Bonchev–Trinajstić information content (AvgIpc) is 3.25. The van der Waals surface area contributed by atoms with Gasteiger partial charge in [-0.3, -0.25) is 0 Å². The molecule has 98 valence electrons. The quantitative estimate of drug-likeness (QED) is 0.805. The molecule has 0 atom stereocenters. The highest BCUT2D eigenvalue weighted by Gasteiger charge is 2.19. The third-order valence-corrected chi connectivity index (χ3v) is 3.21. The van der Waals surface area contributed by atoms with Crippen molar-refractivity contribution in [1.29, 1.82) is 0 Å². The van der Waals surface area contributed by atoms with Crippen molar-refractivity contribution in [3.05, 3.63) is 54.1 Å². The average molecular weight is 254 g/mol. The maximum Gasteiger partial charge on any atom is 0.127 e. The maximum absolute atomic E-state index is 5.75. The maximum atomic E-state index is 5.75. The zero-order valence-corrected chi connectivity index (χ0v) is 10.8. The van der Waals surface area contributed by atoms with Crippen molar-refractivity contribution in [2.45, 2.75) is 25.4 Å². The minimum absolute atomic E-state index is 0.741. The lowest BCUT2D eigenvalue weighted by molar-refractivity contribution is 0.482. The highest BCUT2D eigenvalue weighted by atomic mass is 16.5. The van der Waals surface area contributed by atoms with Crippen LogP contribution in [-0.4, -0.2) is 6.04 Å². The van der Waals surface area contributed by atoms with Crippen LogP contribution in [0.4, 0.5) is 5.69 Å². The Bertz CT molecular complexity index is 530. The van der Waals surface area contributed by atoms with Crippen LogP contribution in [0.1, 0.15) is 18.4 Å². The third-order valence-electron chi connectivity index (χ3n) is 3.21. The second-order valence-corrected chi connectivity index (χ2v) is 4.97. The smallest absolute Gasteiger partial charge is 0.127 e. The highest BCUT2D eigenvalue weighted by Crippen LogP contribution is 2.23. The molecule has 0 unspecified atom stereocenters. The number of hydrogen-bond donors (Lipinski definition) is 2. The molecule has 1 fully saturated rings. The van der Waals surface area contributed by atoms with E-state index in [2.05, 4.69) is 17.4 Å². The Morgan fingerprint density at radius 2 is 1.53 bits per heavy atom. The molecule has 0 saturated heterocycles. The number of anilines is 1. The van der Waals surface area contributed by atoms with Gasteiger partial charge in [0.1, 0.15) is 11.5 Å². The molecule has 2 aromatic carbocycles. The molecular weight excluding hydrogens is 236 g/mol. The molecule has 0 aliphatic heterocycles. The van der Waals surface area contributed by atoms with Crippen molar-refractivity contribution < 1.29 is 4.74 Å². The van der Waals surface area contributed by atoms with Crippen LogP contribution in [0, 0.1) is 0 Å². The fourth-order valence-electron chi connectivity index (χ4n) is 1.90. The molecule has 1 aliphatic rings. The van der Waals surface area contributed by atoms with Crippen molar-refractivity contribution >= 4 is 5.69 Å². The van der Waals surface area contributed by atoms with Crippen LogP contribution >= 0.6 is 0 Å². The molecule has 0 aromatic heterocycles. The topological polar surface area (TPSA) is 47.3 Å². The number of rotatable bonds is 5. The molecule has 3 rings (SSSR count). The first-order valence-corrected chi connectivity index (χ1v) is 6.65. The number of nitrogens with one attached hydrogen (secondary N) is 1. The van der Waals surface area contributed by atoms with Crippen LogP contribution in [0.2, 0.25) is 0 Å². The predicted octanol–water partition coefficient (Wildman–Crippen LogP) is 3.31. The van der Waals surface area contributed by atoms with Crippen molar-refractivity contribution in [3.63, 3.8) is 0 Å². The van der Waals surface area contributed by atoms with Gasteiger partial charge in [0.2, 0.25) is 0 Å². The van der Waals surface area contributed by atoms with E-state index in [1.165, 1.54) is 18.4 Å². The molecule has 0 bridgehead atoms. The summed E-state index contributed by atoms with van der Waals surface area (Å²) in [7, 11) is 0. The van der Waals surface area contributed by atoms with Gasteiger partial charge in [-0.2, -0.15) is 0 Å². The third kappa shape index (κ3) is 3.48. The highest BCUT2D eigenvalue weighted by molar-refractivity contribution is 5.43. The van der Waals surface area contributed by atoms with Crippen molar-refractivity contribution in [3.8, 4) is 11.5 Å². The van der Waals surface area contributed by atoms with Crippen LogP contribution in [0.25, 0.3) is 0 Å². The van der Waals surface area contributed by atoms with Crippen LogP contribution in [0.5, 0.6) is 11.5 Å². The van der Waals surface area contributed by atoms with Gasteiger partial charge in [-0.1, -0.05) is 12.1 Å². The summed E-state index contributed by atoms with van der Waals surface area (Å²) >= 11 is 0. The van der Waals surface area contributed by atoms with E-state index in [1.54, 1.807) is 0 Å². The molecule has 3 heteroatoms. The van der Waals surface area contributed by atoms with Gasteiger partial charge in [0.05, 0.1) is 0 Å². The molecule has 1 saturated carbocycles. The molecular formula is C16H18N2O. The lowest BCUT2D eigenvalue weighted by Crippen LogP contribution is -2.14. The number of nitrogen functional groups attached to an aromatic ring is 1. The van der Waals surface area contributed by atoms with Crippen molar-refractivity contribution in [2.75, 3.05) is 5.73 Å². The summed E-state index contributed by atoms with van der Waals surface area (Å²) < 4.78 is 5.75. The Kier molecular flexibility index (Phi) is 3.38. The van der Waals surface area contributed by atoms with Crippen molar-refractivity contribution in [2.24, 2.45) is 0 Å². The minimum atomic E-state index is 0.741. The van der Waals surface area contributed by atoms with E-state index >= 15 is 0 Å². The molecule has 0 radical (unpaired) electrons. The van der Waals surface area contributed by atoms with Crippen LogP contribution in [-0.2, 0) is 6.54 Å². The van der Waals surface area contributed by atoms with Gasteiger partial charge in [0, 0.05) is 18.3 Å². The number of benzene rings is 2. The number of ether oxygens (including phenoxy) is 1. The SMILES string of the molecule is Nc1ccc(Oc2ccc(CNC3CC3)cc2)cc1. The van der Waals surface area contributed by atoms with E-state index in [0.29, 0.717) is 0 Å². The van der Waals surface area contributed by atoms with E-state index in [-0.39, 0.29) is 0 Å². The van der Waals surface area contributed by atoms with E-state index in [9.17, 15) is 0 Å². The van der Waals surface area contributed by atoms with Gasteiger partial charge in [-0.25, -0.2) is 0 Å². The van der Waals surface area contributed by atoms with Gasteiger partial charge in [-0.15, -0.1) is 0 Å². The first kappa shape index (κ1) is 12.1. The Labute approximate surface area is 113 Å².